The van der Waals surface area contributed by atoms with E-state index in [0.717, 1.165) is 11.4 Å². The second kappa shape index (κ2) is 16.5. The minimum absolute atomic E-state index is 0. The highest BCUT2D eigenvalue weighted by Gasteiger charge is 2.43. The van der Waals surface area contributed by atoms with Gasteiger partial charge in [-0.2, -0.15) is 10.2 Å². The van der Waals surface area contributed by atoms with Crippen molar-refractivity contribution < 1.29 is 34.1 Å². The van der Waals surface area contributed by atoms with E-state index in [-0.39, 0.29) is 31.7 Å². The van der Waals surface area contributed by atoms with E-state index >= 15 is 0 Å². The van der Waals surface area contributed by atoms with E-state index in [9.17, 15) is 29.4 Å². The zero-order valence-electron chi connectivity index (χ0n) is 32.8. The molecule has 0 unspecified atom stereocenters. The molecule has 16 nitrogen and oxygen atoms in total. The molecule has 2 aliphatic rings. The number of aliphatic hydroxyl groups is 2. The van der Waals surface area contributed by atoms with Crippen molar-refractivity contribution in [3.63, 3.8) is 0 Å². The molecule has 2 aliphatic heterocycles. The van der Waals surface area contributed by atoms with Gasteiger partial charge < -0.3 is 30.5 Å². The fraction of sp³-hybridized carbons (Fsp3) is 0.273. The van der Waals surface area contributed by atoms with Crippen LogP contribution in [0.5, 0.6) is 0 Å². The third kappa shape index (κ3) is 8.02. The minimum atomic E-state index is -1.66. The van der Waals surface area contributed by atoms with Gasteiger partial charge in [0.05, 0.1) is 40.3 Å². The van der Waals surface area contributed by atoms with Gasteiger partial charge in [0.1, 0.15) is 0 Å². The molecule has 0 saturated carbocycles. The molecular weight excluding hydrogens is 767 g/mol. The van der Waals surface area contributed by atoms with Crippen molar-refractivity contribution >= 4 is 45.5 Å². The summed E-state index contributed by atoms with van der Waals surface area (Å²) in [6, 6.07) is 18.0. The fourth-order valence-corrected chi connectivity index (χ4v) is 6.77. The first-order chi connectivity index (χ1) is 28.1. The van der Waals surface area contributed by atoms with Crippen LogP contribution in [0.1, 0.15) is 63.8 Å². The summed E-state index contributed by atoms with van der Waals surface area (Å²) in [4.78, 5) is 59.6. The molecule has 0 radical (unpaired) electrons. The first kappa shape index (κ1) is 42.2. The highest BCUT2D eigenvalue weighted by atomic mass is 16.5. The molecule has 8 rings (SSSR count). The Kier molecular flexibility index (Phi) is 11.6. The summed E-state index contributed by atoms with van der Waals surface area (Å²) in [5.74, 6) is 9.22. The number of nitrogens with zero attached hydrogens (tertiary/aromatic N) is 8. The quantitative estimate of drug-likeness (QED) is 0.174. The van der Waals surface area contributed by atoms with Crippen LogP contribution in [-0.2, 0) is 14.3 Å². The van der Waals surface area contributed by atoms with E-state index in [1.54, 1.807) is 72.3 Å². The number of primary amides is 1. The Morgan fingerprint density at radius 1 is 0.733 bits per heavy atom. The number of rotatable bonds is 4. The molecule has 2 aromatic carbocycles. The predicted octanol–water partition coefficient (Wildman–Crippen LogP) is 2.87. The zero-order valence-corrected chi connectivity index (χ0v) is 32.8. The van der Waals surface area contributed by atoms with E-state index in [0.29, 0.717) is 57.4 Å². The molecular formula is C44H43N9O7. The Morgan fingerprint density at radius 2 is 1.17 bits per heavy atom. The Morgan fingerprint density at radius 3 is 1.57 bits per heavy atom. The van der Waals surface area contributed by atoms with Gasteiger partial charge in [0.25, 0.3) is 17.7 Å². The van der Waals surface area contributed by atoms with Crippen molar-refractivity contribution in [2.24, 2.45) is 5.73 Å². The molecule has 60 heavy (non-hydrogen) atoms. The lowest BCUT2D eigenvalue weighted by Crippen LogP contribution is -2.37. The van der Waals surface area contributed by atoms with Crippen LogP contribution < -0.4 is 5.73 Å². The van der Waals surface area contributed by atoms with Crippen molar-refractivity contribution in [2.75, 3.05) is 34.3 Å². The molecule has 6 heterocycles. The number of fused-ring (bicyclic) bond motifs is 2. The van der Waals surface area contributed by atoms with Crippen LogP contribution in [0.3, 0.4) is 0 Å². The largest absolute Gasteiger partial charge is 0.464 e. The molecule has 0 aliphatic carbocycles. The van der Waals surface area contributed by atoms with Gasteiger partial charge in [0.2, 0.25) is 11.2 Å². The number of amides is 3. The number of likely N-dealkylation sites (N-methyl/N-ethyl adjacent to an activating group) is 2. The number of hydrogen-bond acceptors (Lipinski definition) is 11. The molecule has 2 saturated heterocycles. The second-order valence-electron chi connectivity index (χ2n) is 14.3. The number of methoxy groups -OCH3 is 1. The molecule has 6 aromatic rings. The normalized spacial score (nSPS) is 18.2. The first-order valence-electron chi connectivity index (χ1n) is 18.4. The van der Waals surface area contributed by atoms with Crippen molar-refractivity contribution in [1.82, 2.24) is 39.3 Å². The highest BCUT2D eigenvalue weighted by Crippen LogP contribution is 2.26. The van der Waals surface area contributed by atoms with Crippen LogP contribution in [0.15, 0.2) is 73.1 Å². The summed E-state index contributed by atoms with van der Waals surface area (Å²) >= 11 is 0. The molecule has 306 valence electrons. The number of nitrogens with two attached hydrogens (primary N) is 1. The number of pyridine rings is 2. The van der Waals surface area contributed by atoms with E-state index in [1.807, 2.05) is 38.1 Å². The summed E-state index contributed by atoms with van der Waals surface area (Å²) in [7, 11) is 4.58. The Bertz CT molecular complexity index is 2840. The first-order valence-corrected chi connectivity index (χ1v) is 18.4. The molecule has 2 atom stereocenters. The maximum atomic E-state index is 12.2. The average molecular weight is 810 g/mol. The number of aromatic nitrogens is 6. The van der Waals surface area contributed by atoms with Crippen LogP contribution in [-0.4, -0.2) is 119 Å². The zero-order chi connectivity index (χ0) is 42.2. The number of hydrogen-bond donors (Lipinski definition) is 3. The summed E-state index contributed by atoms with van der Waals surface area (Å²) in [6.45, 7) is 4.63. The van der Waals surface area contributed by atoms with Gasteiger partial charge in [-0.15, -0.1) is 0 Å². The Hall–Kier alpha value is -7.40. The van der Waals surface area contributed by atoms with Gasteiger partial charge in [-0.3, -0.25) is 24.4 Å². The maximum absolute atomic E-state index is 12.2. The van der Waals surface area contributed by atoms with Crippen molar-refractivity contribution in [1.29, 1.82) is 0 Å². The van der Waals surface area contributed by atoms with Crippen LogP contribution >= 0.6 is 0 Å². The number of likely N-dealkylation sites (tertiary alicyclic amines) is 2. The third-order valence-corrected chi connectivity index (χ3v) is 10.0. The van der Waals surface area contributed by atoms with Crippen LogP contribution in [0, 0.1) is 37.5 Å². The monoisotopic (exact) mass is 809 g/mol. The van der Waals surface area contributed by atoms with Crippen molar-refractivity contribution in [2.45, 2.75) is 45.3 Å². The summed E-state index contributed by atoms with van der Waals surface area (Å²) in [5.41, 5.74) is 7.97. The van der Waals surface area contributed by atoms with Crippen LogP contribution in [0.4, 0.5) is 0 Å². The SMILES string of the molecule is C.COC(=O)c1nn(-c2cccc(C#C[C@]3(O)CCN(C)C3=O)c2)c2cc(C)ncc12.Cc1cc2c(cn1)c(C(N)=O)nn2-c1cccc(C#C[C@]2(O)CCN(C)C2=O)c1. The molecule has 16 heteroatoms. The van der Waals surface area contributed by atoms with E-state index in [2.05, 4.69) is 43.8 Å². The number of benzene rings is 2. The predicted molar refractivity (Wildman–Crippen MR) is 222 cm³/mol. The number of esters is 1. The average Bonchev–Trinajstić information content (AvgIpc) is 3.95. The minimum Gasteiger partial charge on any atom is -0.464 e. The van der Waals surface area contributed by atoms with E-state index < -0.39 is 34.9 Å². The molecule has 0 spiro atoms. The third-order valence-electron chi connectivity index (χ3n) is 10.0. The summed E-state index contributed by atoms with van der Waals surface area (Å²) < 4.78 is 8.08. The number of carbonyl (C=O) groups is 4. The highest BCUT2D eigenvalue weighted by molar-refractivity contribution is 6.04. The van der Waals surface area contributed by atoms with Gasteiger partial charge in [-0.1, -0.05) is 43.2 Å². The topological polar surface area (TPSA) is 212 Å². The van der Waals surface area contributed by atoms with Gasteiger partial charge in [-0.25, -0.2) is 14.2 Å². The second-order valence-corrected chi connectivity index (χ2v) is 14.3. The molecule has 0 bridgehead atoms. The molecule has 4 N–H and O–H groups in total. The Labute approximate surface area is 345 Å². The van der Waals surface area contributed by atoms with E-state index in [1.165, 1.54) is 16.9 Å². The molecule has 3 amide bonds. The van der Waals surface area contributed by atoms with Gasteiger partial charge >= 0.3 is 5.97 Å². The lowest BCUT2D eigenvalue weighted by Gasteiger charge is -2.13. The van der Waals surface area contributed by atoms with E-state index in [4.69, 9.17) is 10.5 Å². The van der Waals surface area contributed by atoms with Gasteiger partial charge in [0.15, 0.2) is 11.4 Å². The number of carbonyl (C=O) groups excluding carboxylic acids is 4. The van der Waals surface area contributed by atoms with Crippen molar-refractivity contribution in [3.8, 4) is 35.1 Å². The van der Waals surface area contributed by atoms with Gasteiger partial charge in [0, 0.05) is 74.9 Å². The molecule has 4 aromatic heterocycles. The Balaban J connectivity index is 0.000000198. The van der Waals surface area contributed by atoms with Gasteiger partial charge in [-0.05, 0) is 62.4 Å². The number of aryl methyl sites for hydroxylation is 2. The maximum Gasteiger partial charge on any atom is 0.359 e. The van der Waals surface area contributed by atoms with Crippen molar-refractivity contribution in [3.05, 3.63) is 107 Å². The smallest absolute Gasteiger partial charge is 0.359 e. The lowest BCUT2D eigenvalue weighted by atomic mass is 10.0. The molecule has 2 fully saturated rings. The summed E-state index contributed by atoms with van der Waals surface area (Å²) in [5, 5.41) is 30.9. The number of ether oxygens (including phenoxy) is 1. The fourth-order valence-electron chi connectivity index (χ4n) is 6.77. The van der Waals surface area contributed by atoms with Crippen LogP contribution in [0.25, 0.3) is 33.2 Å². The standard InChI is InChI=1S/C22H20N4O4.C21H19N5O3.CH4/c1-14-11-18-17(13-23-14)19(20(27)30-3)24-26(18)16-6-4-5-15(12-16)7-8-22(29)9-10-25(2)21(22)28;1-13-10-17-16(12-23-13)18(19(22)27)24-26(17)15-5-3-4-14(11-15)6-7-21(29)8-9-25(2)20(21)28;/h4-6,11-13,29H,9-10H2,1-3H3;3-5,10-12,29H,8-9H2,1-2H3,(H2,22,27);1H4/t22-;21-;/m00./s1. The summed E-state index contributed by atoms with van der Waals surface area (Å²) in [6.07, 6.45) is 3.72. The van der Waals surface area contributed by atoms with Crippen LogP contribution in [0.2, 0.25) is 0 Å². The lowest BCUT2D eigenvalue weighted by molar-refractivity contribution is -0.138.